The van der Waals surface area contributed by atoms with Crippen LogP contribution in [0.1, 0.15) is 18.4 Å². The number of aryl methyl sites for hydroxylation is 1. The fourth-order valence-corrected chi connectivity index (χ4v) is 2.94. The Morgan fingerprint density at radius 2 is 2.05 bits per heavy atom. The zero-order valence-electron chi connectivity index (χ0n) is 12.8. The molecule has 1 saturated heterocycles. The van der Waals surface area contributed by atoms with Crippen molar-refractivity contribution in [3.05, 3.63) is 29.8 Å². The molecule has 1 aliphatic heterocycles. The van der Waals surface area contributed by atoms with Crippen molar-refractivity contribution in [2.24, 2.45) is 0 Å². The molecule has 1 heterocycles. The highest BCUT2D eigenvalue weighted by Crippen LogP contribution is 2.20. The summed E-state index contributed by atoms with van der Waals surface area (Å²) in [6.45, 7) is 7.17. The Bertz CT molecular complexity index is 510. The van der Waals surface area contributed by atoms with E-state index < -0.39 is 0 Å². The van der Waals surface area contributed by atoms with E-state index in [2.05, 4.69) is 52.4 Å². The van der Waals surface area contributed by atoms with E-state index in [0.717, 1.165) is 32.7 Å². The largest absolute Gasteiger partial charge is 0.369 e. The lowest BCUT2D eigenvalue weighted by molar-refractivity contribution is 0.243. The van der Waals surface area contributed by atoms with Gasteiger partial charge in [0.05, 0.1) is 6.07 Å². The molecule has 3 rings (SSSR count). The van der Waals surface area contributed by atoms with Gasteiger partial charge in [-0.05, 0) is 37.5 Å². The second-order valence-electron chi connectivity index (χ2n) is 6.25. The van der Waals surface area contributed by atoms with Crippen LogP contribution in [0, 0.1) is 18.3 Å². The molecule has 0 bridgehead atoms. The Hall–Kier alpha value is -1.57. The van der Waals surface area contributed by atoms with Crippen LogP contribution in [0.5, 0.6) is 0 Å². The highest BCUT2D eigenvalue weighted by molar-refractivity contribution is 5.48. The molecule has 1 saturated carbocycles. The van der Waals surface area contributed by atoms with Crippen LogP contribution >= 0.6 is 0 Å². The zero-order chi connectivity index (χ0) is 14.7. The second-order valence-corrected chi connectivity index (χ2v) is 6.25. The Balaban J connectivity index is 1.49. The summed E-state index contributed by atoms with van der Waals surface area (Å²) in [5, 5.41) is 12.7. The van der Waals surface area contributed by atoms with Crippen LogP contribution in [0.2, 0.25) is 0 Å². The van der Waals surface area contributed by atoms with Crippen molar-refractivity contribution in [1.82, 2.24) is 10.2 Å². The first kappa shape index (κ1) is 14.4. The molecule has 4 heteroatoms. The zero-order valence-corrected chi connectivity index (χ0v) is 12.8. The van der Waals surface area contributed by atoms with Gasteiger partial charge in [0.2, 0.25) is 0 Å². The quantitative estimate of drug-likeness (QED) is 0.895. The number of rotatable bonds is 5. The van der Waals surface area contributed by atoms with E-state index in [1.165, 1.54) is 24.1 Å². The average Bonchev–Trinajstić information content (AvgIpc) is 3.31. The number of nitriles is 1. The standard InChI is InChI=1S/C17H24N4/c1-14-3-2-4-17(11-14)21-9-7-20(8-10-21)13-16(12-18)19-15-5-6-15/h2-4,11,15-16,19H,5-10,13H2,1H3. The summed E-state index contributed by atoms with van der Waals surface area (Å²) in [6.07, 6.45) is 2.47. The van der Waals surface area contributed by atoms with E-state index >= 15 is 0 Å². The lowest BCUT2D eigenvalue weighted by Gasteiger charge is -2.37. The third-order valence-corrected chi connectivity index (χ3v) is 4.35. The highest BCUT2D eigenvalue weighted by atomic mass is 15.3. The molecule has 1 aromatic rings. The molecule has 112 valence electrons. The minimum absolute atomic E-state index is 0.0111. The van der Waals surface area contributed by atoms with Gasteiger partial charge in [0, 0.05) is 44.5 Å². The van der Waals surface area contributed by atoms with Crippen molar-refractivity contribution >= 4 is 5.69 Å². The van der Waals surface area contributed by atoms with Gasteiger partial charge in [0.25, 0.3) is 0 Å². The molecule has 1 unspecified atom stereocenters. The first-order valence-electron chi connectivity index (χ1n) is 7.94. The third-order valence-electron chi connectivity index (χ3n) is 4.35. The van der Waals surface area contributed by atoms with Gasteiger partial charge >= 0.3 is 0 Å². The van der Waals surface area contributed by atoms with Gasteiger partial charge in [-0.3, -0.25) is 10.2 Å². The van der Waals surface area contributed by atoms with Gasteiger partial charge in [-0.15, -0.1) is 0 Å². The molecule has 21 heavy (non-hydrogen) atoms. The normalized spacial score (nSPS) is 21.0. The van der Waals surface area contributed by atoms with Crippen LogP contribution in [0.3, 0.4) is 0 Å². The molecular formula is C17H24N4. The van der Waals surface area contributed by atoms with Crippen molar-refractivity contribution in [3.63, 3.8) is 0 Å². The summed E-state index contributed by atoms with van der Waals surface area (Å²) in [5.41, 5.74) is 2.63. The van der Waals surface area contributed by atoms with Gasteiger partial charge in [0.1, 0.15) is 6.04 Å². The van der Waals surface area contributed by atoms with Crippen molar-refractivity contribution in [1.29, 1.82) is 5.26 Å². The number of benzene rings is 1. The summed E-state index contributed by atoms with van der Waals surface area (Å²) in [5.74, 6) is 0. The van der Waals surface area contributed by atoms with Crippen LogP contribution in [0.25, 0.3) is 0 Å². The Morgan fingerprint density at radius 1 is 1.29 bits per heavy atom. The molecule has 0 amide bonds. The molecule has 1 atom stereocenters. The van der Waals surface area contributed by atoms with E-state index in [0.29, 0.717) is 6.04 Å². The SMILES string of the molecule is Cc1cccc(N2CCN(CC(C#N)NC3CC3)CC2)c1. The monoisotopic (exact) mass is 284 g/mol. The van der Waals surface area contributed by atoms with E-state index in [1.54, 1.807) is 0 Å². The van der Waals surface area contributed by atoms with Crippen molar-refractivity contribution in [3.8, 4) is 6.07 Å². The maximum absolute atomic E-state index is 9.24. The van der Waals surface area contributed by atoms with Crippen LogP contribution < -0.4 is 10.2 Å². The maximum Gasteiger partial charge on any atom is 0.108 e. The van der Waals surface area contributed by atoms with Crippen molar-refractivity contribution < 1.29 is 0 Å². The average molecular weight is 284 g/mol. The summed E-state index contributed by atoms with van der Waals surface area (Å²) in [4.78, 5) is 4.86. The van der Waals surface area contributed by atoms with E-state index in [4.69, 9.17) is 0 Å². The van der Waals surface area contributed by atoms with Crippen LogP contribution in [-0.2, 0) is 0 Å². The summed E-state index contributed by atoms with van der Waals surface area (Å²) >= 11 is 0. The number of hydrogen-bond acceptors (Lipinski definition) is 4. The molecule has 2 aliphatic rings. The fraction of sp³-hybridized carbons (Fsp3) is 0.588. The molecule has 2 fully saturated rings. The van der Waals surface area contributed by atoms with Crippen LogP contribution in [-0.4, -0.2) is 49.7 Å². The van der Waals surface area contributed by atoms with Gasteiger partial charge in [-0.25, -0.2) is 0 Å². The van der Waals surface area contributed by atoms with Gasteiger partial charge in [0.15, 0.2) is 0 Å². The lowest BCUT2D eigenvalue weighted by atomic mass is 10.2. The summed E-state index contributed by atoms with van der Waals surface area (Å²) in [6, 6.07) is 11.7. The maximum atomic E-state index is 9.24. The number of piperazine rings is 1. The molecular weight excluding hydrogens is 260 g/mol. The van der Waals surface area contributed by atoms with Gasteiger partial charge in [-0.1, -0.05) is 12.1 Å². The minimum Gasteiger partial charge on any atom is -0.369 e. The molecule has 0 spiro atoms. The third kappa shape index (κ3) is 3.96. The summed E-state index contributed by atoms with van der Waals surface area (Å²) in [7, 11) is 0. The van der Waals surface area contributed by atoms with Crippen LogP contribution in [0.15, 0.2) is 24.3 Å². The molecule has 1 N–H and O–H groups in total. The first-order chi connectivity index (χ1) is 10.2. The molecule has 0 aromatic heterocycles. The predicted octanol–water partition coefficient (Wildman–Crippen LogP) is 1.76. The Morgan fingerprint density at radius 3 is 2.67 bits per heavy atom. The topological polar surface area (TPSA) is 42.3 Å². The summed E-state index contributed by atoms with van der Waals surface area (Å²) < 4.78 is 0. The van der Waals surface area contributed by atoms with E-state index in [1.807, 2.05) is 0 Å². The van der Waals surface area contributed by atoms with Crippen LogP contribution in [0.4, 0.5) is 5.69 Å². The first-order valence-corrected chi connectivity index (χ1v) is 7.94. The number of nitrogens with one attached hydrogen (secondary N) is 1. The smallest absolute Gasteiger partial charge is 0.108 e. The van der Waals surface area contributed by atoms with Gasteiger partial charge < -0.3 is 4.90 Å². The second kappa shape index (κ2) is 6.46. The Kier molecular flexibility index (Phi) is 4.42. The number of anilines is 1. The molecule has 1 aromatic carbocycles. The van der Waals surface area contributed by atoms with E-state index in [9.17, 15) is 5.26 Å². The van der Waals surface area contributed by atoms with Crippen molar-refractivity contribution in [2.45, 2.75) is 31.8 Å². The number of hydrogen-bond donors (Lipinski definition) is 1. The minimum atomic E-state index is -0.0111. The predicted molar refractivity (Wildman–Crippen MR) is 85.4 cm³/mol. The lowest BCUT2D eigenvalue weighted by Crippen LogP contribution is -2.50. The van der Waals surface area contributed by atoms with Gasteiger partial charge in [-0.2, -0.15) is 5.26 Å². The van der Waals surface area contributed by atoms with E-state index in [-0.39, 0.29) is 6.04 Å². The molecule has 1 aliphatic carbocycles. The molecule has 0 radical (unpaired) electrons. The molecule has 4 nitrogen and oxygen atoms in total. The van der Waals surface area contributed by atoms with Crippen molar-refractivity contribution in [2.75, 3.05) is 37.6 Å². The Labute approximate surface area is 127 Å². The highest BCUT2D eigenvalue weighted by Gasteiger charge is 2.26. The number of nitrogens with zero attached hydrogens (tertiary/aromatic N) is 3. The fourth-order valence-electron chi connectivity index (χ4n) is 2.94.